The molecule has 0 saturated carbocycles. The number of imidazole rings is 1. The fraction of sp³-hybridized carbons (Fsp3) is 0.231. The molecule has 0 unspecified atom stereocenters. The molecule has 0 N–H and O–H groups in total. The van der Waals surface area contributed by atoms with Crippen LogP contribution in [0.1, 0.15) is 50.7 Å². The number of benzene rings is 2. The van der Waals surface area contributed by atoms with Crippen LogP contribution in [0.15, 0.2) is 67.3 Å². The zero-order valence-corrected chi connectivity index (χ0v) is 18.2. The Hall–Kier alpha value is -3.60. The Balaban J connectivity index is 2.01. The average molecular weight is 408 g/mol. The van der Waals surface area contributed by atoms with Crippen LogP contribution in [0.2, 0.25) is 0 Å². The summed E-state index contributed by atoms with van der Waals surface area (Å²) in [4.78, 5) is 18.4. The van der Waals surface area contributed by atoms with Crippen molar-refractivity contribution in [1.82, 2.24) is 24.5 Å². The molecule has 31 heavy (non-hydrogen) atoms. The lowest BCUT2D eigenvalue weighted by Gasteiger charge is -2.22. The van der Waals surface area contributed by atoms with Crippen molar-refractivity contribution in [1.29, 1.82) is 0 Å². The van der Waals surface area contributed by atoms with E-state index in [2.05, 4.69) is 89.7 Å². The standard InChI is InChI=1S/C26H25N5/c1-16(2)19-11-8-12-20(17(3)4)24(19)31-25-22(14-28-21-13-27-15-29-23(21)25)30-26(31)18-9-6-5-7-10-18/h5-17H,1-4H3. The Morgan fingerprint density at radius 2 is 1.45 bits per heavy atom. The molecule has 0 bridgehead atoms. The van der Waals surface area contributed by atoms with Crippen molar-refractivity contribution in [3.8, 4) is 17.1 Å². The van der Waals surface area contributed by atoms with E-state index in [1.807, 2.05) is 12.3 Å². The molecule has 0 aliphatic rings. The van der Waals surface area contributed by atoms with E-state index in [1.54, 1.807) is 12.5 Å². The van der Waals surface area contributed by atoms with Crippen LogP contribution < -0.4 is 0 Å². The van der Waals surface area contributed by atoms with Gasteiger partial charge in [0, 0.05) is 5.56 Å². The maximum absolute atomic E-state index is 5.05. The van der Waals surface area contributed by atoms with Gasteiger partial charge < -0.3 is 0 Å². The first-order valence-electron chi connectivity index (χ1n) is 10.7. The van der Waals surface area contributed by atoms with Crippen LogP contribution in [0.4, 0.5) is 0 Å². The van der Waals surface area contributed by atoms with Crippen LogP contribution in [0.25, 0.3) is 39.1 Å². The van der Waals surface area contributed by atoms with Gasteiger partial charge >= 0.3 is 0 Å². The lowest BCUT2D eigenvalue weighted by molar-refractivity contribution is 0.811. The molecule has 5 heteroatoms. The van der Waals surface area contributed by atoms with E-state index in [0.717, 1.165) is 33.5 Å². The number of fused-ring (bicyclic) bond motifs is 3. The minimum absolute atomic E-state index is 0.359. The second-order valence-corrected chi connectivity index (χ2v) is 8.48. The van der Waals surface area contributed by atoms with Gasteiger partial charge in [-0.1, -0.05) is 76.2 Å². The number of nitrogens with zero attached hydrogens (tertiary/aromatic N) is 5. The lowest BCUT2D eigenvalue weighted by atomic mass is 9.92. The van der Waals surface area contributed by atoms with Crippen molar-refractivity contribution in [3.05, 3.63) is 78.4 Å². The highest BCUT2D eigenvalue weighted by Crippen LogP contribution is 2.38. The molecular formula is C26H25N5. The Bertz CT molecular complexity index is 1360. The van der Waals surface area contributed by atoms with E-state index in [9.17, 15) is 0 Å². The Labute approximate surface area is 181 Å². The molecule has 0 aliphatic carbocycles. The summed E-state index contributed by atoms with van der Waals surface area (Å²) in [5.74, 6) is 1.62. The highest BCUT2D eigenvalue weighted by Gasteiger charge is 2.23. The van der Waals surface area contributed by atoms with Crippen LogP contribution in [0.5, 0.6) is 0 Å². The minimum atomic E-state index is 0.359. The summed E-state index contributed by atoms with van der Waals surface area (Å²) in [5.41, 5.74) is 8.23. The summed E-state index contributed by atoms with van der Waals surface area (Å²) in [5, 5.41) is 0. The zero-order valence-electron chi connectivity index (χ0n) is 18.2. The summed E-state index contributed by atoms with van der Waals surface area (Å²) < 4.78 is 2.30. The van der Waals surface area contributed by atoms with Crippen LogP contribution in [-0.2, 0) is 0 Å². The monoisotopic (exact) mass is 407 g/mol. The first-order valence-corrected chi connectivity index (χ1v) is 10.7. The lowest BCUT2D eigenvalue weighted by Crippen LogP contribution is -2.09. The van der Waals surface area contributed by atoms with Crippen molar-refractivity contribution >= 4 is 22.1 Å². The van der Waals surface area contributed by atoms with Crippen molar-refractivity contribution in [3.63, 3.8) is 0 Å². The number of rotatable bonds is 4. The quantitative estimate of drug-likeness (QED) is 0.352. The van der Waals surface area contributed by atoms with Crippen molar-refractivity contribution < 1.29 is 0 Å². The maximum atomic E-state index is 5.05. The molecule has 5 nitrogen and oxygen atoms in total. The molecule has 3 aromatic heterocycles. The van der Waals surface area contributed by atoms with Crippen LogP contribution in [0, 0.1) is 0 Å². The predicted molar refractivity (Wildman–Crippen MR) is 126 cm³/mol. The van der Waals surface area contributed by atoms with Gasteiger partial charge in [-0.3, -0.25) is 9.55 Å². The van der Waals surface area contributed by atoms with Crippen LogP contribution in [0.3, 0.4) is 0 Å². The highest BCUT2D eigenvalue weighted by atomic mass is 15.1. The molecule has 0 atom stereocenters. The Morgan fingerprint density at radius 3 is 2.13 bits per heavy atom. The molecule has 0 aliphatic heterocycles. The number of hydrogen-bond acceptors (Lipinski definition) is 4. The van der Waals surface area contributed by atoms with E-state index in [4.69, 9.17) is 4.98 Å². The van der Waals surface area contributed by atoms with E-state index in [1.165, 1.54) is 16.8 Å². The number of aromatic nitrogens is 5. The van der Waals surface area contributed by atoms with E-state index in [-0.39, 0.29) is 0 Å². The Kier molecular flexibility index (Phi) is 4.74. The molecule has 0 radical (unpaired) electrons. The minimum Gasteiger partial charge on any atom is -0.290 e. The topological polar surface area (TPSA) is 56.5 Å². The summed E-state index contributed by atoms with van der Waals surface area (Å²) in [6, 6.07) is 17.0. The first-order chi connectivity index (χ1) is 15.1. The zero-order chi connectivity index (χ0) is 21.5. The molecule has 154 valence electrons. The summed E-state index contributed by atoms with van der Waals surface area (Å²) >= 11 is 0. The van der Waals surface area contributed by atoms with E-state index >= 15 is 0 Å². The van der Waals surface area contributed by atoms with Crippen molar-refractivity contribution in [2.24, 2.45) is 0 Å². The largest absolute Gasteiger partial charge is 0.290 e. The molecular weight excluding hydrogens is 382 g/mol. The number of pyridine rings is 1. The highest BCUT2D eigenvalue weighted by molar-refractivity contribution is 6.01. The maximum Gasteiger partial charge on any atom is 0.145 e. The third-order valence-corrected chi connectivity index (χ3v) is 5.75. The van der Waals surface area contributed by atoms with Gasteiger partial charge in [0.25, 0.3) is 0 Å². The van der Waals surface area contributed by atoms with Crippen molar-refractivity contribution in [2.75, 3.05) is 0 Å². The fourth-order valence-corrected chi connectivity index (χ4v) is 4.25. The number of para-hydroxylation sites is 1. The van der Waals surface area contributed by atoms with Gasteiger partial charge in [0.05, 0.1) is 18.1 Å². The third kappa shape index (κ3) is 3.17. The van der Waals surface area contributed by atoms with E-state index < -0.39 is 0 Å². The van der Waals surface area contributed by atoms with Gasteiger partial charge in [-0.05, 0) is 23.0 Å². The number of hydrogen-bond donors (Lipinski definition) is 0. The van der Waals surface area contributed by atoms with Gasteiger partial charge in [-0.25, -0.2) is 15.0 Å². The summed E-state index contributed by atoms with van der Waals surface area (Å²) in [6.07, 6.45) is 5.18. The third-order valence-electron chi connectivity index (χ3n) is 5.75. The molecule has 0 saturated heterocycles. The SMILES string of the molecule is CC(C)c1cccc(C(C)C)c1-n1c(-c2ccccc2)nc2cnc3cncnc3c21. The second-order valence-electron chi connectivity index (χ2n) is 8.48. The van der Waals surface area contributed by atoms with E-state index in [0.29, 0.717) is 11.8 Å². The van der Waals surface area contributed by atoms with Crippen molar-refractivity contribution in [2.45, 2.75) is 39.5 Å². The molecule has 0 fully saturated rings. The van der Waals surface area contributed by atoms with Gasteiger partial charge in [0.2, 0.25) is 0 Å². The predicted octanol–water partition coefficient (Wildman–Crippen LogP) is 6.28. The van der Waals surface area contributed by atoms with Gasteiger partial charge in [-0.2, -0.15) is 0 Å². The first kappa shape index (κ1) is 19.4. The molecule has 5 rings (SSSR count). The van der Waals surface area contributed by atoms with Gasteiger partial charge in [0.15, 0.2) is 0 Å². The Morgan fingerprint density at radius 1 is 0.742 bits per heavy atom. The van der Waals surface area contributed by atoms with Gasteiger partial charge in [0.1, 0.15) is 34.2 Å². The summed E-state index contributed by atoms with van der Waals surface area (Å²) in [6.45, 7) is 8.97. The molecule has 2 aromatic carbocycles. The summed E-state index contributed by atoms with van der Waals surface area (Å²) in [7, 11) is 0. The van der Waals surface area contributed by atoms with Crippen LogP contribution in [-0.4, -0.2) is 24.5 Å². The second kappa shape index (κ2) is 7.58. The molecule has 0 amide bonds. The van der Waals surface area contributed by atoms with Crippen LogP contribution >= 0.6 is 0 Å². The normalized spacial score (nSPS) is 11.8. The molecule has 3 heterocycles. The molecule has 5 aromatic rings. The average Bonchev–Trinajstić information content (AvgIpc) is 3.19. The smallest absolute Gasteiger partial charge is 0.145 e. The van der Waals surface area contributed by atoms with Gasteiger partial charge in [-0.15, -0.1) is 0 Å². The molecule has 0 spiro atoms. The fourth-order valence-electron chi connectivity index (χ4n) is 4.25.